The van der Waals surface area contributed by atoms with Crippen LogP contribution in [0.1, 0.15) is 28.4 Å². The summed E-state index contributed by atoms with van der Waals surface area (Å²) in [6.07, 6.45) is 0.816. The van der Waals surface area contributed by atoms with Crippen molar-refractivity contribution in [2.24, 2.45) is 4.99 Å². The molecular weight excluding hydrogens is 324 g/mol. The van der Waals surface area contributed by atoms with Crippen LogP contribution in [0.15, 0.2) is 89.9 Å². The van der Waals surface area contributed by atoms with Crippen molar-refractivity contribution in [3.63, 3.8) is 0 Å². The number of benzene rings is 3. The van der Waals surface area contributed by atoms with E-state index in [2.05, 4.69) is 17.0 Å². The molecule has 1 atom stereocenters. The first-order valence-corrected chi connectivity index (χ1v) is 8.52. The lowest BCUT2D eigenvalue weighted by Gasteiger charge is -2.44. The third-order valence-electron chi connectivity index (χ3n) is 4.56. The molecule has 0 radical (unpaired) electrons. The number of carboxylic acids is 1. The fourth-order valence-corrected chi connectivity index (χ4v) is 3.21. The van der Waals surface area contributed by atoms with Gasteiger partial charge in [0.25, 0.3) is 0 Å². The van der Waals surface area contributed by atoms with Crippen molar-refractivity contribution in [3.8, 4) is 0 Å². The van der Waals surface area contributed by atoms with Crippen LogP contribution in [0.3, 0.4) is 0 Å². The smallest absolute Gasteiger partial charge is 0.335 e. The topological polar surface area (TPSA) is 52.9 Å². The lowest BCUT2D eigenvalue weighted by atomic mass is 9.91. The highest BCUT2D eigenvalue weighted by Gasteiger charge is 2.36. The highest BCUT2D eigenvalue weighted by Crippen LogP contribution is 2.40. The number of para-hydroxylation sites is 2. The molecule has 0 aliphatic carbocycles. The molecule has 0 saturated carbocycles. The van der Waals surface area contributed by atoms with E-state index in [1.54, 1.807) is 12.1 Å². The van der Waals surface area contributed by atoms with E-state index in [-0.39, 0.29) is 6.04 Å². The number of aromatic carboxylic acids is 1. The van der Waals surface area contributed by atoms with E-state index in [0.29, 0.717) is 5.56 Å². The second-order valence-corrected chi connectivity index (χ2v) is 6.22. The summed E-state index contributed by atoms with van der Waals surface area (Å²) in [5.74, 6) is 0.103. The van der Waals surface area contributed by atoms with Crippen LogP contribution >= 0.6 is 0 Å². The van der Waals surface area contributed by atoms with Gasteiger partial charge in [-0.1, -0.05) is 48.5 Å². The number of hydrogen-bond acceptors (Lipinski definition) is 2. The Labute approximate surface area is 152 Å². The van der Waals surface area contributed by atoms with Gasteiger partial charge in [-0.3, -0.25) is 0 Å². The largest absolute Gasteiger partial charge is 0.478 e. The molecule has 1 saturated heterocycles. The van der Waals surface area contributed by atoms with Crippen LogP contribution in [0.25, 0.3) is 0 Å². The summed E-state index contributed by atoms with van der Waals surface area (Å²) in [5, 5.41) is 9.09. The van der Waals surface area contributed by atoms with Crippen molar-refractivity contribution >= 4 is 23.2 Å². The monoisotopic (exact) mass is 342 g/mol. The Morgan fingerprint density at radius 2 is 1.50 bits per heavy atom. The Balaban J connectivity index is 1.67. The molecule has 1 aliphatic heterocycles. The Bertz CT molecular complexity index is 935. The van der Waals surface area contributed by atoms with Crippen LogP contribution in [0.2, 0.25) is 0 Å². The van der Waals surface area contributed by atoms with Crippen LogP contribution < -0.4 is 4.90 Å². The minimum Gasteiger partial charge on any atom is -0.478 e. The van der Waals surface area contributed by atoms with Gasteiger partial charge in [-0.2, -0.15) is 0 Å². The molecule has 3 aromatic carbocycles. The van der Waals surface area contributed by atoms with Gasteiger partial charge in [-0.05, 0) is 42.0 Å². The van der Waals surface area contributed by atoms with Crippen LogP contribution in [0.4, 0.5) is 11.4 Å². The fraction of sp³-hybridized carbons (Fsp3) is 0.0909. The number of amidine groups is 1. The van der Waals surface area contributed by atoms with Crippen molar-refractivity contribution in [2.45, 2.75) is 12.5 Å². The van der Waals surface area contributed by atoms with Crippen LogP contribution in [0, 0.1) is 0 Å². The first-order valence-electron chi connectivity index (χ1n) is 8.52. The number of aliphatic imine (C=N–C) groups is 1. The Morgan fingerprint density at radius 3 is 2.12 bits per heavy atom. The van der Waals surface area contributed by atoms with E-state index < -0.39 is 5.97 Å². The number of hydrogen-bond donors (Lipinski definition) is 1. The zero-order valence-corrected chi connectivity index (χ0v) is 14.1. The molecule has 1 unspecified atom stereocenters. The first kappa shape index (κ1) is 16.1. The standard InChI is InChI=1S/C22H18N2O2/c25-22(26)17-13-11-16(12-14-17)20-15-21(23-18-7-3-1-4-8-18)24(20)19-9-5-2-6-10-19/h1-14,20H,15H2,(H,25,26). The van der Waals surface area contributed by atoms with Crippen molar-refractivity contribution in [3.05, 3.63) is 96.1 Å². The quantitative estimate of drug-likeness (QED) is 0.720. The molecule has 26 heavy (non-hydrogen) atoms. The van der Waals surface area contributed by atoms with Crippen molar-refractivity contribution < 1.29 is 9.90 Å². The molecule has 1 aliphatic rings. The van der Waals surface area contributed by atoms with E-state index in [0.717, 1.165) is 29.2 Å². The molecule has 0 amide bonds. The lowest BCUT2D eigenvalue weighted by molar-refractivity contribution is 0.0697. The van der Waals surface area contributed by atoms with Gasteiger partial charge in [0.2, 0.25) is 0 Å². The second-order valence-electron chi connectivity index (χ2n) is 6.22. The van der Waals surface area contributed by atoms with E-state index in [1.165, 1.54) is 0 Å². The lowest BCUT2D eigenvalue weighted by Crippen LogP contribution is -2.46. The summed E-state index contributed by atoms with van der Waals surface area (Å²) < 4.78 is 0. The summed E-state index contributed by atoms with van der Waals surface area (Å²) in [4.78, 5) is 18.1. The van der Waals surface area contributed by atoms with Crippen molar-refractivity contribution in [2.75, 3.05) is 4.90 Å². The molecular formula is C22H18N2O2. The number of rotatable bonds is 4. The molecule has 4 heteroatoms. The molecule has 128 valence electrons. The summed E-state index contributed by atoms with van der Waals surface area (Å²) in [7, 11) is 0. The van der Waals surface area contributed by atoms with Gasteiger partial charge in [-0.25, -0.2) is 9.79 Å². The molecule has 4 nitrogen and oxygen atoms in total. The number of anilines is 1. The van der Waals surface area contributed by atoms with E-state index in [9.17, 15) is 4.79 Å². The Hall–Kier alpha value is -3.40. The minimum atomic E-state index is -0.906. The Morgan fingerprint density at radius 1 is 0.885 bits per heavy atom. The van der Waals surface area contributed by atoms with Gasteiger partial charge < -0.3 is 10.0 Å². The number of carboxylic acid groups (broad SMARTS) is 1. The highest BCUT2D eigenvalue weighted by atomic mass is 16.4. The van der Waals surface area contributed by atoms with Gasteiger partial charge in [0.15, 0.2) is 0 Å². The predicted molar refractivity (Wildman–Crippen MR) is 103 cm³/mol. The zero-order valence-electron chi connectivity index (χ0n) is 14.1. The predicted octanol–water partition coefficient (Wildman–Crippen LogP) is 5.07. The van der Waals surface area contributed by atoms with E-state index in [1.807, 2.05) is 60.7 Å². The van der Waals surface area contributed by atoms with Gasteiger partial charge in [-0.15, -0.1) is 0 Å². The molecule has 4 rings (SSSR count). The average Bonchev–Trinajstić information content (AvgIpc) is 2.66. The maximum Gasteiger partial charge on any atom is 0.335 e. The van der Waals surface area contributed by atoms with Crippen molar-refractivity contribution in [1.82, 2.24) is 0 Å². The van der Waals surface area contributed by atoms with E-state index >= 15 is 0 Å². The molecule has 1 heterocycles. The third-order valence-corrected chi connectivity index (χ3v) is 4.56. The normalized spacial score (nSPS) is 17.8. The first-order chi connectivity index (χ1) is 12.7. The van der Waals surface area contributed by atoms with Gasteiger partial charge in [0.05, 0.1) is 17.3 Å². The SMILES string of the molecule is O=C(O)c1ccc(C2CC(=Nc3ccccc3)N2c2ccccc2)cc1. The minimum absolute atomic E-state index is 0.155. The van der Waals surface area contributed by atoms with Crippen LogP contribution in [0.5, 0.6) is 0 Å². The van der Waals surface area contributed by atoms with Gasteiger partial charge >= 0.3 is 5.97 Å². The Kier molecular flexibility index (Phi) is 4.23. The maximum absolute atomic E-state index is 11.1. The number of carbonyl (C=O) groups is 1. The van der Waals surface area contributed by atoms with Gasteiger partial charge in [0, 0.05) is 12.1 Å². The zero-order chi connectivity index (χ0) is 17.9. The maximum atomic E-state index is 11.1. The molecule has 0 bridgehead atoms. The van der Waals surface area contributed by atoms with Crippen molar-refractivity contribution in [1.29, 1.82) is 0 Å². The molecule has 1 N–H and O–H groups in total. The summed E-state index contributed by atoms with van der Waals surface area (Å²) in [5.41, 5.74) is 3.41. The van der Waals surface area contributed by atoms with Crippen LogP contribution in [-0.2, 0) is 0 Å². The summed E-state index contributed by atoms with van der Waals surface area (Å²) in [6, 6.07) is 27.3. The third kappa shape index (κ3) is 3.09. The number of nitrogens with zero attached hydrogens (tertiary/aromatic N) is 2. The molecule has 0 spiro atoms. The highest BCUT2D eigenvalue weighted by molar-refractivity contribution is 6.06. The van der Waals surface area contributed by atoms with E-state index in [4.69, 9.17) is 10.1 Å². The average molecular weight is 342 g/mol. The fourth-order valence-electron chi connectivity index (χ4n) is 3.21. The molecule has 3 aromatic rings. The second kappa shape index (κ2) is 6.84. The summed E-state index contributed by atoms with van der Waals surface area (Å²) >= 11 is 0. The molecule has 0 aromatic heterocycles. The summed E-state index contributed by atoms with van der Waals surface area (Å²) in [6.45, 7) is 0. The molecule has 1 fully saturated rings. The van der Waals surface area contributed by atoms with Crippen LogP contribution in [-0.4, -0.2) is 16.9 Å². The van der Waals surface area contributed by atoms with Gasteiger partial charge in [0.1, 0.15) is 5.84 Å².